The van der Waals surface area contributed by atoms with Crippen LogP contribution in [0.4, 0.5) is 22.0 Å². The van der Waals surface area contributed by atoms with E-state index in [1.165, 1.54) is 24.3 Å². The van der Waals surface area contributed by atoms with E-state index in [0.717, 1.165) is 11.1 Å². The first-order chi connectivity index (χ1) is 19.2. The highest BCUT2D eigenvalue weighted by Gasteiger charge is 2.61. The average Bonchev–Trinajstić information content (AvgIpc) is 3.33. The maximum absolute atomic E-state index is 14.9. The Kier molecular flexibility index (Phi) is 6.34. The number of carbonyl (C=O) groups excluding carboxylic acids is 1. The van der Waals surface area contributed by atoms with Crippen LogP contribution in [-0.4, -0.2) is 52.9 Å². The summed E-state index contributed by atoms with van der Waals surface area (Å²) < 4.78 is 75.3. The molecule has 0 radical (unpaired) electrons. The van der Waals surface area contributed by atoms with Crippen LogP contribution in [0.2, 0.25) is 0 Å². The fourth-order valence-corrected chi connectivity index (χ4v) is 7.74. The van der Waals surface area contributed by atoms with Gasteiger partial charge < -0.3 is 14.7 Å². The highest BCUT2D eigenvalue weighted by Crippen LogP contribution is 2.54. The number of benzene rings is 2. The van der Waals surface area contributed by atoms with Gasteiger partial charge in [-0.25, -0.2) is 8.78 Å². The number of alkyl halides is 4. The van der Waals surface area contributed by atoms with Crippen LogP contribution in [0.5, 0.6) is 0 Å². The SMILES string of the molecule is CC(F)(c1ccc2c(c1)CC[C@H]1N(C(=O)C34CCC(C(=O)O)(CC3)CO4)CC[C@@]21Cc1ccc(F)cc1)C(F)(F)F. The molecule has 2 bridgehead atoms. The Labute approximate surface area is 234 Å². The van der Waals surface area contributed by atoms with E-state index in [2.05, 4.69) is 0 Å². The Morgan fingerprint density at radius 1 is 1.02 bits per heavy atom. The molecule has 2 aliphatic carbocycles. The number of hydrogen-bond acceptors (Lipinski definition) is 3. The lowest BCUT2D eigenvalue weighted by Crippen LogP contribution is -2.63. The maximum atomic E-state index is 14.9. The van der Waals surface area contributed by atoms with Crippen LogP contribution in [0.3, 0.4) is 0 Å². The highest BCUT2D eigenvalue weighted by atomic mass is 19.4. The first-order valence-electron chi connectivity index (χ1n) is 14.1. The van der Waals surface area contributed by atoms with Gasteiger partial charge in [-0.1, -0.05) is 30.3 Å². The largest absolute Gasteiger partial charge is 0.481 e. The summed E-state index contributed by atoms with van der Waals surface area (Å²) in [4.78, 5) is 27.9. The molecule has 3 atom stereocenters. The number of amides is 1. The van der Waals surface area contributed by atoms with Gasteiger partial charge in [-0.05, 0) is 92.7 Å². The van der Waals surface area contributed by atoms with Gasteiger partial charge in [0.1, 0.15) is 11.4 Å². The van der Waals surface area contributed by atoms with Crippen LogP contribution >= 0.6 is 0 Å². The van der Waals surface area contributed by atoms with E-state index < -0.39 is 45.6 Å². The molecule has 1 saturated carbocycles. The van der Waals surface area contributed by atoms with E-state index in [-0.39, 0.29) is 18.6 Å². The quantitative estimate of drug-likeness (QED) is 0.442. The lowest BCUT2D eigenvalue weighted by Gasteiger charge is -2.52. The number of hydrogen-bond donors (Lipinski definition) is 1. The number of carboxylic acid groups (broad SMARTS) is 1. The summed E-state index contributed by atoms with van der Waals surface area (Å²) in [5.74, 6) is -1.47. The van der Waals surface area contributed by atoms with Crippen molar-refractivity contribution in [3.05, 3.63) is 70.5 Å². The molecule has 1 N–H and O–H groups in total. The monoisotopic (exact) mass is 577 g/mol. The molecule has 3 heterocycles. The second kappa shape index (κ2) is 9.24. The van der Waals surface area contributed by atoms with Crippen LogP contribution in [0.25, 0.3) is 0 Å². The Hall–Kier alpha value is -3.01. The molecule has 1 amide bonds. The Morgan fingerprint density at radius 3 is 2.29 bits per heavy atom. The van der Waals surface area contributed by atoms with Crippen LogP contribution in [-0.2, 0) is 38.3 Å². The third-order valence-corrected chi connectivity index (χ3v) is 10.4. The minimum Gasteiger partial charge on any atom is -0.481 e. The molecule has 41 heavy (non-hydrogen) atoms. The van der Waals surface area contributed by atoms with Gasteiger partial charge in [-0.3, -0.25) is 9.59 Å². The van der Waals surface area contributed by atoms with Crippen molar-refractivity contribution in [2.24, 2.45) is 5.41 Å². The van der Waals surface area contributed by atoms with E-state index in [1.54, 1.807) is 18.2 Å². The predicted molar refractivity (Wildman–Crippen MR) is 138 cm³/mol. The number of aryl methyl sites for hydroxylation is 1. The summed E-state index contributed by atoms with van der Waals surface area (Å²) in [6, 6.07) is 9.84. The number of ether oxygens (including phenoxy) is 1. The van der Waals surface area contributed by atoms with Crippen molar-refractivity contribution < 1.29 is 41.4 Å². The summed E-state index contributed by atoms with van der Waals surface area (Å²) in [5, 5.41) is 9.72. The Bertz CT molecular complexity index is 1360. The smallest absolute Gasteiger partial charge is 0.426 e. The molecule has 5 nitrogen and oxygen atoms in total. The van der Waals surface area contributed by atoms with Crippen LogP contribution in [0.1, 0.15) is 67.7 Å². The highest BCUT2D eigenvalue weighted by molar-refractivity contribution is 5.88. The number of likely N-dealkylation sites (tertiary alicyclic amines) is 1. The number of carboxylic acids is 1. The first kappa shape index (κ1) is 28.1. The second-order valence-electron chi connectivity index (χ2n) is 12.5. The fourth-order valence-electron chi connectivity index (χ4n) is 7.74. The molecule has 2 aromatic rings. The van der Waals surface area contributed by atoms with Crippen LogP contribution < -0.4 is 0 Å². The van der Waals surface area contributed by atoms with Crippen molar-refractivity contribution in [1.29, 1.82) is 0 Å². The van der Waals surface area contributed by atoms with E-state index in [1.807, 2.05) is 4.90 Å². The summed E-state index contributed by atoms with van der Waals surface area (Å²) in [6.45, 7) is 0.905. The van der Waals surface area contributed by atoms with E-state index in [9.17, 15) is 36.6 Å². The second-order valence-corrected chi connectivity index (χ2v) is 12.5. The third kappa shape index (κ3) is 4.19. The van der Waals surface area contributed by atoms with E-state index in [4.69, 9.17) is 4.74 Å². The Balaban J connectivity index is 1.37. The van der Waals surface area contributed by atoms with E-state index in [0.29, 0.717) is 70.4 Å². The standard InChI is InChI=1S/C31H32F5NO4/c1-27(33,31(34,35)36)21-5-8-23-20(16-21)4-9-24-29(23,17-19-2-6-22(32)7-3-19)14-15-37(24)25(38)30-12-10-28(11-13-30,18-41-30)26(39)40/h2-3,5-8,16,24H,4,9-15,17-18H2,1H3,(H,39,40)/t24-,27?,28?,29-,30?/m1/s1. The number of nitrogens with zero attached hydrogens (tertiary/aromatic N) is 1. The van der Waals surface area contributed by atoms with Crippen molar-refractivity contribution >= 4 is 11.9 Å². The first-order valence-corrected chi connectivity index (χ1v) is 14.1. The molecular weight excluding hydrogens is 545 g/mol. The van der Waals surface area contributed by atoms with Crippen molar-refractivity contribution in [1.82, 2.24) is 4.90 Å². The minimum atomic E-state index is -5.07. The molecular formula is C31H32F5NO4. The minimum absolute atomic E-state index is 0.0138. The molecule has 0 aromatic heterocycles. The zero-order chi connectivity index (χ0) is 29.4. The van der Waals surface area contributed by atoms with Gasteiger partial charge in [-0.2, -0.15) is 13.2 Å². The average molecular weight is 578 g/mol. The van der Waals surface area contributed by atoms with Gasteiger partial charge >= 0.3 is 12.1 Å². The van der Waals surface area contributed by atoms with Gasteiger partial charge in [0.2, 0.25) is 5.67 Å². The van der Waals surface area contributed by atoms with Crippen LogP contribution in [0, 0.1) is 11.2 Å². The van der Waals surface area contributed by atoms with Crippen molar-refractivity contribution in [2.45, 2.75) is 87.2 Å². The molecule has 7 rings (SSSR count). The predicted octanol–water partition coefficient (Wildman–Crippen LogP) is 6.01. The molecule has 10 heteroatoms. The lowest BCUT2D eigenvalue weighted by atomic mass is 9.63. The number of halogens is 5. The molecule has 0 spiro atoms. The summed E-state index contributed by atoms with van der Waals surface area (Å²) in [5.41, 5.74) is -4.45. The molecule has 3 aliphatic heterocycles. The van der Waals surface area contributed by atoms with Gasteiger partial charge in [0, 0.05) is 18.0 Å². The van der Waals surface area contributed by atoms with E-state index >= 15 is 0 Å². The molecule has 1 unspecified atom stereocenters. The third-order valence-electron chi connectivity index (χ3n) is 10.4. The number of carbonyl (C=O) groups is 2. The van der Waals surface area contributed by atoms with Crippen molar-refractivity contribution in [3.8, 4) is 0 Å². The van der Waals surface area contributed by atoms with Gasteiger partial charge in [0.05, 0.1) is 12.0 Å². The van der Waals surface area contributed by atoms with Crippen molar-refractivity contribution in [3.63, 3.8) is 0 Å². The summed E-state index contributed by atoms with van der Waals surface area (Å²) in [7, 11) is 0. The summed E-state index contributed by atoms with van der Waals surface area (Å²) >= 11 is 0. The van der Waals surface area contributed by atoms with Gasteiger partial charge in [0.25, 0.3) is 5.91 Å². The Morgan fingerprint density at radius 2 is 1.71 bits per heavy atom. The fraction of sp³-hybridized carbons (Fsp3) is 0.548. The molecule has 5 aliphatic rings. The van der Waals surface area contributed by atoms with Crippen molar-refractivity contribution in [2.75, 3.05) is 13.2 Å². The zero-order valence-corrected chi connectivity index (χ0v) is 22.7. The number of fused-ring (bicyclic) bond motifs is 6. The summed E-state index contributed by atoms with van der Waals surface area (Å²) in [6.07, 6.45) is -1.93. The van der Waals surface area contributed by atoms with Crippen LogP contribution in [0.15, 0.2) is 42.5 Å². The van der Waals surface area contributed by atoms with Gasteiger partial charge in [-0.15, -0.1) is 0 Å². The number of aliphatic carboxylic acids is 1. The number of rotatable bonds is 5. The molecule has 3 saturated heterocycles. The topological polar surface area (TPSA) is 66.8 Å². The molecule has 220 valence electrons. The normalized spacial score (nSPS) is 32.2. The van der Waals surface area contributed by atoms with Gasteiger partial charge in [0.15, 0.2) is 0 Å². The molecule has 2 aromatic carbocycles. The lowest BCUT2D eigenvalue weighted by molar-refractivity contribution is -0.228. The zero-order valence-electron chi connectivity index (χ0n) is 22.7. The molecule has 4 fully saturated rings. The maximum Gasteiger partial charge on any atom is 0.426 e.